The van der Waals surface area contributed by atoms with Gasteiger partial charge in [0, 0.05) is 23.3 Å². The Balaban J connectivity index is 2.05. The first kappa shape index (κ1) is 11.2. The van der Waals surface area contributed by atoms with Crippen molar-refractivity contribution in [3.8, 4) is 0 Å². The van der Waals surface area contributed by atoms with Crippen LogP contribution in [0.25, 0.3) is 0 Å². The summed E-state index contributed by atoms with van der Waals surface area (Å²) in [6.07, 6.45) is 4.66. The molecule has 92 valence electrons. The molecular weight excluding hydrogens is 250 g/mol. The van der Waals surface area contributed by atoms with Gasteiger partial charge in [-0.05, 0) is 11.4 Å². The standard InChI is InChI=1S/C12H11N3O2S/c16-8-4-9(11-2-1-3-18-11)12(10(17)5-8)15-7-13-6-14-15/h1-3,5-7,9,12,17H,4H2/t9-,12-/m0/s1. The van der Waals surface area contributed by atoms with Crippen LogP contribution in [0.15, 0.2) is 42.0 Å². The highest BCUT2D eigenvalue weighted by atomic mass is 32.1. The summed E-state index contributed by atoms with van der Waals surface area (Å²) in [6.45, 7) is 0. The molecule has 0 unspecified atom stereocenters. The van der Waals surface area contributed by atoms with E-state index in [-0.39, 0.29) is 23.5 Å². The molecule has 0 fully saturated rings. The number of hydrogen-bond acceptors (Lipinski definition) is 5. The molecule has 0 saturated heterocycles. The van der Waals surface area contributed by atoms with Crippen LogP contribution in [0.1, 0.15) is 23.3 Å². The van der Waals surface area contributed by atoms with Gasteiger partial charge in [0.25, 0.3) is 0 Å². The van der Waals surface area contributed by atoms with Gasteiger partial charge >= 0.3 is 0 Å². The van der Waals surface area contributed by atoms with E-state index in [1.165, 1.54) is 12.4 Å². The van der Waals surface area contributed by atoms with Crippen LogP contribution in [0.3, 0.4) is 0 Å². The fraction of sp³-hybridized carbons (Fsp3) is 0.250. The van der Waals surface area contributed by atoms with Gasteiger partial charge in [-0.1, -0.05) is 6.07 Å². The first-order chi connectivity index (χ1) is 8.75. The van der Waals surface area contributed by atoms with Crippen molar-refractivity contribution in [2.75, 3.05) is 0 Å². The van der Waals surface area contributed by atoms with E-state index in [4.69, 9.17) is 0 Å². The molecule has 0 aromatic carbocycles. The molecule has 2 aromatic heterocycles. The third-order valence-electron chi connectivity index (χ3n) is 3.04. The molecule has 0 spiro atoms. The molecule has 2 atom stereocenters. The molecule has 0 aliphatic heterocycles. The molecule has 5 nitrogen and oxygen atoms in total. The van der Waals surface area contributed by atoms with E-state index in [2.05, 4.69) is 10.1 Å². The molecule has 18 heavy (non-hydrogen) atoms. The molecule has 3 rings (SSSR count). The number of hydrogen-bond donors (Lipinski definition) is 1. The topological polar surface area (TPSA) is 68.0 Å². The van der Waals surface area contributed by atoms with Crippen molar-refractivity contribution in [3.05, 3.63) is 46.9 Å². The Hall–Kier alpha value is -1.95. The van der Waals surface area contributed by atoms with Crippen LogP contribution >= 0.6 is 11.3 Å². The highest BCUT2D eigenvalue weighted by molar-refractivity contribution is 7.10. The molecular formula is C12H11N3O2S. The number of aliphatic hydroxyl groups is 1. The summed E-state index contributed by atoms with van der Waals surface area (Å²) in [7, 11) is 0. The van der Waals surface area contributed by atoms with Crippen LogP contribution in [-0.4, -0.2) is 25.7 Å². The number of allylic oxidation sites excluding steroid dienone is 2. The maximum atomic E-state index is 11.6. The van der Waals surface area contributed by atoms with Gasteiger partial charge in [-0.3, -0.25) is 4.79 Å². The van der Waals surface area contributed by atoms with Crippen LogP contribution < -0.4 is 0 Å². The zero-order valence-corrected chi connectivity index (χ0v) is 10.2. The zero-order valence-electron chi connectivity index (χ0n) is 9.43. The number of thiophene rings is 1. The van der Waals surface area contributed by atoms with E-state index in [9.17, 15) is 9.90 Å². The lowest BCUT2D eigenvalue weighted by molar-refractivity contribution is -0.116. The molecule has 2 heterocycles. The third-order valence-corrected chi connectivity index (χ3v) is 4.05. The van der Waals surface area contributed by atoms with E-state index in [0.717, 1.165) is 4.88 Å². The predicted octanol–water partition coefficient (Wildman–Crippen LogP) is 2.08. The van der Waals surface area contributed by atoms with Crippen molar-refractivity contribution in [2.24, 2.45) is 0 Å². The van der Waals surface area contributed by atoms with Gasteiger partial charge in [-0.15, -0.1) is 11.3 Å². The molecule has 0 amide bonds. The van der Waals surface area contributed by atoms with Crippen LogP contribution in [-0.2, 0) is 4.79 Å². The van der Waals surface area contributed by atoms with Gasteiger partial charge in [0.15, 0.2) is 5.78 Å². The van der Waals surface area contributed by atoms with Crippen molar-refractivity contribution in [2.45, 2.75) is 18.4 Å². The second-order valence-electron chi connectivity index (χ2n) is 4.18. The lowest BCUT2D eigenvalue weighted by atomic mass is 9.86. The van der Waals surface area contributed by atoms with E-state index in [1.54, 1.807) is 22.3 Å². The average molecular weight is 261 g/mol. The van der Waals surface area contributed by atoms with Crippen LogP contribution in [0.2, 0.25) is 0 Å². The summed E-state index contributed by atoms with van der Waals surface area (Å²) in [6, 6.07) is 3.58. The number of aliphatic hydroxyl groups excluding tert-OH is 1. The predicted molar refractivity (Wildman–Crippen MR) is 66.5 cm³/mol. The molecule has 1 N–H and O–H groups in total. The number of carbonyl (C=O) groups excluding carboxylic acids is 1. The van der Waals surface area contributed by atoms with Crippen LogP contribution in [0.4, 0.5) is 0 Å². The van der Waals surface area contributed by atoms with E-state index in [1.807, 2.05) is 17.5 Å². The third kappa shape index (κ3) is 1.84. The molecule has 6 heteroatoms. The molecule has 0 radical (unpaired) electrons. The summed E-state index contributed by atoms with van der Waals surface area (Å²) in [5, 5.41) is 16.1. The van der Waals surface area contributed by atoms with Crippen LogP contribution in [0, 0.1) is 0 Å². The normalized spacial score (nSPS) is 24.0. The first-order valence-corrected chi connectivity index (χ1v) is 6.44. The van der Waals surface area contributed by atoms with Gasteiger partial charge in [0.2, 0.25) is 0 Å². The molecule has 0 saturated carbocycles. The van der Waals surface area contributed by atoms with E-state index < -0.39 is 0 Å². The first-order valence-electron chi connectivity index (χ1n) is 5.56. The van der Waals surface area contributed by atoms with Crippen LogP contribution in [0.5, 0.6) is 0 Å². The van der Waals surface area contributed by atoms with Crippen molar-refractivity contribution in [1.82, 2.24) is 14.8 Å². The Morgan fingerprint density at radius 2 is 2.39 bits per heavy atom. The molecule has 1 aliphatic rings. The fourth-order valence-electron chi connectivity index (χ4n) is 2.28. The summed E-state index contributed by atoms with van der Waals surface area (Å²) in [5.74, 6) is -0.0818. The minimum Gasteiger partial charge on any atom is -0.510 e. The largest absolute Gasteiger partial charge is 0.510 e. The SMILES string of the molecule is O=C1C=C(O)[C@@H](n2cncn2)[C@H](c2cccs2)C1. The maximum absolute atomic E-state index is 11.6. The van der Waals surface area contributed by atoms with Gasteiger partial charge < -0.3 is 5.11 Å². The lowest BCUT2D eigenvalue weighted by Gasteiger charge is -2.28. The van der Waals surface area contributed by atoms with Crippen molar-refractivity contribution < 1.29 is 9.90 Å². The number of nitrogens with zero attached hydrogens (tertiary/aromatic N) is 3. The number of ketones is 1. The lowest BCUT2D eigenvalue weighted by Crippen LogP contribution is -2.26. The summed E-state index contributed by atoms with van der Waals surface area (Å²) >= 11 is 1.58. The zero-order chi connectivity index (χ0) is 12.5. The van der Waals surface area contributed by atoms with Crippen molar-refractivity contribution in [3.63, 3.8) is 0 Å². The summed E-state index contributed by atoms with van der Waals surface area (Å²) < 4.78 is 1.60. The maximum Gasteiger partial charge on any atom is 0.159 e. The minimum atomic E-state index is -0.344. The Bertz CT molecular complexity index is 575. The number of aromatic nitrogens is 3. The minimum absolute atomic E-state index is 0.0511. The Morgan fingerprint density at radius 1 is 1.50 bits per heavy atom. The average Bonchev–Trinajstić information content (AvgIpc) is 3.01. The van der Waals surface area contributed by atoms with Gasteiger partial charge in [0.1, 0.15) is 24.5 Å². The van der Waals surface area contributed by atoms with E-state index in [0.29, 0.717) is 6.42 Å². The Kier molecular flexibility index (Phi) is 2.71. The smallest absolute Gasteiger partial charge is 0.159 e. The summed E-state index contributed by atoms with van der Waals surface area (Å²) in [5.41, 5.74) is 0. The fourth-order valence-corrected chi connectivity index (χ4v) is 3.14. The van der Waals surface area contributed by atoms with Crippen molar-refractivity contribution in [1.29, 1.82) is 0 Å². The highest BCUT2D eigenvalue weighted by Gasteiger charge is 2.35. The van der Waals surface area contributed by atoms with Gasteiger partial charge in [0.05, 0.1) is 0 Å². The number of rotatable bonds is 2. The van der Waals surface area contributed by atoms with Crippen molar-refractivity contribution >= 4 is 17.1 Å². The quantitative estimate of drug-likeness (QED) is 0.898. The summed E-state index contributed by atoms with van der Waals surface area (Å²) in [4.78, 5) is 16.6. The highest BCUT2D eigenvalue weighted by Crippen LogP contribution is 2.40. The Labute approximate surface area is 107 Å². The molecule has 2 aromatic rings. The van der Waals surface area contributed by atoms with Gasteiger partial charge in [-0.25, -0.2) is 9.67 Å². The number of carbonyl (C=O) groups is 1. The second-order valence-corrected chi connectivity index (χ2v) is 5.16. The monoisotopic (exact) mass is 261 g/mol. The van der Waals surface area contributed by atoms with E-state index >= 15 is 0 Å². The molecule has 1 aliphatic carbocycles. The second kappa shape index (κ2) is 4.38. The molecule has 0 bridgehead atoms. The van der Waals surface area contributed by atoms with Gasteiger partial charge in [-0.2, -0.15) is 5.10 Å². The Morgan fingerprint density at radius 3 is 3.06 bits per heavy atom.